The van der Waals surface area contributed by atoms with Crippen LogP contribution in [0.15, 0.2) is 28.2 Å². The summed E-state index contributed by atoms with van der Waals surface area (Å²) in [5.74, 6) is 0.905. The van der Waals surface area contributed by atoms with Crippen molar-refractivity contribution in [3.8, 4) is 28.8 Å². The van der Waals surface area contributed by atoms with Crippen molar-refractivity contribution >= 4 is 11.8 Å². The van der Waals surface area contributed by atoms with Gasteiger partial charge in [-0.2, -0.15) is 5.26 Å². The molecule has 0 unspecified atom stereocenters. The Morgan fingerprint density at radius 2 is 2.18 bits per heavy atom. The molecule has 0 radical (unpaired) electrons. The number of nitrogens with one attached hydrogen (secondary N) is 1. The van der Waals surface area contributed by atoms with E-state index < -0.39 is 5.56 Å². The molecular formula is C19H21N3O5S. The summed E-state index contributed by atoms with van der Waals surface area (Å²) >= 11 is 1.28. The standard InChI is InChI=1S/C19H21N3O5S/c1-24-14-6-3-5-12(16-13(11-20)18(23)22-19(21-16)28-2)17(14)27-10-7-15-25-8-4-9-26-15/h3,5-6,15H,4,7-10H2,1-2H3,(H,21,22,23). The molecule has 1 N–H and O–H groups in total. The number of nitrogens with zero attached hydrogens (tertiary/aromatic N) is 2. The molecule has 9 heteroatoms. The quantitative estimate of drug-likeness (QED) is 0.555. The second-order valence-corrected chi connectivity index (χ2v) is 6.70. The Balaban J connectivity index is 1.95. The van der Waals surface area contributed by atoms with Crippen LogP contribution < -0.4 is 15.0 Å². The molecule has 3 rings (SSSR count). The number of methoxy groups -OCH3 is 1. The van der Waals surface area contributed by atoms with Gasteiger partial charge in [0.2, 0.25) is 0 Å². The fourth-order valence-electron chi connectivity index (χ4n) is 2.82. The van der Waals surface area contributed by atoms with Crippen LogP contribution >= 0.6 is 11.8 Å². The summed E-state index contributed by atoms with van der Waals surface area (Å²) in [7, 11) is 1.53. The van der Waals surface area contributed by atoms with Crippen LogP contribution in [0.2, 0.25) is 0 Å². The highest BCUT2D eigenvalue weighted by atomic mass is 32.2. The molecular weight excluding hydrogens is 382 g/mol. The summed E-state index contributed by atoms with van der Waals surface area (Å²) in [5.41, 5.74) is 0.210. The minimum absolute atomic E-state index is 0.0742. The highest BCUT2D eigenvalue weighted by molar-refractivity contribution is 7.98. The Morgan fingerprint density at radius 1 is 1.39 bits per heavy atom. The van der Waals surface area contributed by atoms with E-state index in [2.05, 4.69) is 9.97 Å². The van der Waals surface area contributed by atoms with Crippen molar-refractivity contribution in [1.29, 1.82) is 5.26 Å². The van der Waals surface area contributed by atoms with Gasteiger partial charge in [-0.05, 0) is 24.8 Å². The van der Waals surface area contributed by atoms with E-state index in [1.807, 2.05) is 6.07 Å². The molecule has 8 nitrogen and oxygen atoms in total. The topological polar surface area (TPSA) is 106 Å². The molecule has 1 saturated heterocycles. The van der Waals surface area contributed by atoms with E-state index in [9.17, 15) is 10.1 Å². The van der Waals surface area contributed by atoms with Crippen molar-refractivity contribution in [3.05, 3.63) is 34.1 Å². The first-order chi connectivity index (χ1) is 13.7. The lowest BCUT2D eigenvalue weighted by molar-refractivity contribution is -0.183. The van der Waals surface area contributed by atoms with Crippen LogP contribution in [-0.4, -0.2) is 49.4 Å². The SMILES string of the molecule is COc1cccc(-c2nc(SC)[nH]c(=O)c2C#N)c1OCCC1OCCCO1. The zero-order valence-corrected chi connectivity index (χ0v) is 16.5. The third kappa shape index (κ3) is 4.47. The van der Waals surface area contributed by atoms with Gasteiger partial charge in [0, 0.05) is 12.0 Å². The number of hydrogen-bond donors (Lipinski definition) is 1. The monoisotopic (exact) mass is 403 g/mol. The number of aromatic nitrogens is 2. The van der Waals surface area contributed by atoms with Crippen molar-refractivity contribution in [3.63, 3.8) is 0 Å². The summed E-state index contributed by atoms with van der Waals surface area (Å²) in [6.07, 6.45) is 2.92. The average molecular weight is 403 g/mol. The summed E-state index contributed by atoms with van der Waals surface area (Å²) in [6, 6.07) is 7.19. The zero-order chi connectivity index (χ0) is 19.9. The molecule has 1 aromatic carbocycles. The van der Waals surface area contributed by atoms with E-state index in [4.69, 9.17) is 18.9 Å². The minimum Gasteiger partial charge on any atom is -0.493 e. The smallest absolute Gasteiger partial charge is 0.270 e. The van der Waals surface area contributed by atoms with E-state index in [0.29, 0.717) is 48.5 Å². The summed E-state index contributed by atoms with van der Waals surface area (Å²) in [6.45, 7) is 1.66. The molecule has 2 heterocycles. The van der Waals surface area contributed by atoms with E-state index in [1.165, 1.54) is 18.9 Å². The molecule has 0 bridgehead atoms. The zero-order valence-electron chi connectivity index (χ0n) is 15.7. The Labute approximate surface area is 166 Å². The molecule has 0 spiro atoms. The molecule has 1 fully saturated rings. The van der Waals surface area contributed by atoms with Gasteiger partial charge in [-0.15, -0.1) is 0 Å². The fraction of sp³-hybridized carbons (Fsp3) is 0.421. The Bertz CT molecular complexity index is 919. The predicted molar refractivity (Wildman–Crippen MR) is 104 cm³/mol. The molecule has 0 aliphatic carbocycles. The predicted octanol–water partition coefficient (Wildman–Crippen LogP) is 2.57. The molecule has 28 heavy (non-hydrogen) atoms. The molecule has 1 aliphatic rings. The van der Waals surface area contributed by atoms with Crippen molar-refractivity contribution < 1.29 is 18.9 Å². The summed E-state index contributed by atoms with van der Waals surface area (Å²) in [4.78, 5) is 19.3. The second-order valence-electron chi connectivity index (χ2n) is 5.91. The molecule has 1 aromatic heterocycles. The van der Waals surface area contributed by atoms with Crippen LogP contribution in [0.3, 0.4) is 0 Å². The normalized spacial score (nSPS) is 14.5. The number of rotatable bonds is 7. The van der Waals surface area contributed by atoms with Gasteiger partial charge in [-0.3, -0.25) is 4.79 Å². The maximum Gasteiger partial charge on any atom is 0.270 e. The first-order valence-corrected chi connectivity index (χ1v) is 10.0. The number of nitriles is 1. The summed E-state index contributed by atoms with van der Waals surface area (Å²) < 4.78 is 22.5. The molecule has 0 amide bonds. The summed E-state index contributed by atoms with van der Waals surface area (Å²) in [5, 5.41) is 9.88. The van der Waals surface area contributed by atoms with Crippen LogP contribution in [0.1, 0.15) is 18.4 Å². The second kappa shape index (κ2) is 9.59. The number of thioether (sulfide) groups is 1. The van der Waals surface area contributed by atoms with Crippen LogP contribution in [0, 0.1) is 11.3 Å². The van der Waals surface area contributed by atoms with Crippen LogP contribution in [0.5, 0.6) is 11.5 Å². The third-order valence-corrected chi connectivity index (χ3v) is 4.73. The van der Waals surface area contributed by atoms with E-state index in [0.717, 1.165) is 6.42 Å². The molecule has 148 valence electrons. The maximum atomic E-state index is 12.3. The first kappa shape index (κ1) is 20.2. The van der Waals surface area contributed by atoms with E-state index in [-0.39, 0.29) is 17.5 Å². The Kier molecular flexibility index (Phi) is 6.92. The highest BCUT2D eigenvalue weighted by Gasteiger charge is 2.21. The number of para-hydroxylation sites is 1. The van der Waals surface area contributed by atoms with E-state index >= 15 is 0 Å². The first-order valence-electron chi connectivity index (χ1n) is 8.79. The van der Waals surface area contributed by atoms with Gasteiger partial charge in [0.05, 0.1) is 26.9 Å². The van der Waals surface area contributed by atoms with E-state index in [1.54, 1.807) is 24.5 Å². The number of benzene rings is 1. The number of ether oxygens (including phenoxy) is 4. The van der Waals surface area contributed by atoms with Crippen molar-refractivity contribution in [1.82, 2.24) is 9.97 Å². The third-order valence-electron chi connectivity index (χ3n) is 4.15. The van der Waals surface area contributed by atoms with Gasteiger partial charge in [0.15, 0.2) is 22.9 Å². The number of H-pyrrole nitrogens is 1. The van der Waals surface area contributed by atoms with Gasteiger partial charge >= 0.3 is 0 Å². The van der Waals surface area contributed by atoms with Crippen molar-refractivity contribution in [2.24, 2.45) is 0 Å². The lowest BCUT2D eigenvalue weighted by Crippen LogP contribution is -2.26. The van der Waals surface area contributed by atoms with Crippen LogP contribution in [0.4, 0.5) is 0 Å². The lowest BCUT2D eigenvalue weighted by Gasteiger charge is -2.23. The minimum atomic E-state index is -0.491. The number of aromatic amines is 1. The molecule has 0 atom stereocenters. The van der Waals surface area contributed by atoms with Crippen molar-refractivity contribution in [2.45, 2.75) is 24.3 Å². The molecule has 1 aliphatic heterocycles. The molecule has 0 saturated carbocycles. The van der Waals surface area contributed by atoms with Crippen LogP contribution in [-0.2, 0) is 9.47 Å². The lowest BCUT2D eigenvalue weighted by atomic mass is 10.1. The maximum absolute atomic E-state index is 12.3. The van der Waals surface area contributed by atoms with Gasteiger partial charge in [0.25, 0.3) is 5.56 Å². The average Bonchev–Trinajstić information content (AvgIpc) is 2.74. The Morgan fingerprint density at radius 3 is 2.86 bits per heavy atom. The largest absolute Gasteiger partial charge is 0.493 e. The van der Waals surface area contributed by atoms with Gasteiger partial charge < -0.3 is 23.9 Å². The van der Waals surface area contributed by atoms with Crippen molar-refractivity contribution in [2.75, 3.05) is 33.2 Å². The van der Waals surface area contributed by atoms with Gasteiger partial charge in [0.1, 0.15) is 17.3 Å². The van der Waals surface area contributed by atoms with Gasteiger partial charge in [-0.25, -0.2) is 4.98 Å². The molecule has 2 aromatic rings. The fourth-order valence-corrected chi connectivity index (χ4v) is 3.20. The number of hydrogen-bond acceptors (Lipinski definition) is 8. The van der Waals surface area contributed by atoms with Crippen LogP contribution in [0.25, 0.3) is 11.3 Å². The highest BCUT2D eigenvalue weighted by Crippen LogP contribution is 2.38. The van der Waals surface area contributed by atoms with Gasteiger partial charge in [-0.1, -0.05) is 17.8 Å². The Hall–Kier alpha value is -2.54.